The van der Waals surface area contributed by atoms with Gasteiger partial charge in [0.05, 0.1) is 6.61 Å². The number of nitrogens with zero attached hydrogens (tertiary/aromatic N) is 2. The van der Waals surface area contributed by atoms with E-state index >= 15 is 0 Å². The van der Waals surface area contributed by atoms with Crippen LogP contribution in [0.4, 0.5) is 5.69 Å². The van der Waals surface area contributed by atoms with Crippen molar-refractivity contribution in [3.8, 4) is 0 Å². The average Bonchev–Trinajstić information content (AvgIpc) is 3.15. The molecule has 0 aromatic heterocycles. The summed E-state index contributed by atoms with van der Waals surface area (Å²) in [5, 5.41) is 21.8. The molecule has 1 aromatic rings. The van der Waals surface area contributed by atoms with E-state index in [4.69, 9.17) is 0 Å². The van der Waals surface area contributed by atoms with Crippen molar-refractivity contribution in [1.82, 2.24) is 0 Å². The van der Waals surface area contributed by atoms with Crippen molar-refractivity contribution in [1.29, 1.82) is 0 Å². The van der Waals surface area contributed by atoms with E-state index < -0.39 is 11.0 Å². The molecule has 2 fully saturated rings. The van der Waals surface area contributed by atoms with Crippen molar-refractivity contribution in [3.05, 3.63) is 74.9 Å². The van der Waals surface area contributed by atoms with E-state index in [0.29, 0.717) is 18.8 Å². The lowest BCUT2D eigenvalue weighted by atomic mass is 9.53. The molecule has 0 unspecified atom stereocenters. The number of fused-ring (bicyclic) bond motifs is 4. The van der Waals surface area contributed by atoms with Crippen molar-refractivity contribution in [3.63, 3.8) is 0 Å². The Morgan fingerprint density at radius 3 is 2.57 bits per heavy atom. The Labute approximate surface area is 207 Å². The number of aliphatic hydroxyl groups is 1. The third-order valence-corrected chi connectivity index (χ3v) is 9.63. The first-order valence-electron chi connectivity index (χ1n) is 12.9. The Balaban J connectivity index is 1.57. The summed E-state index contributed by atoms with van der Waals surface area (Å²) in [6.45, 7) is 1.94. The molecule has 4 aliphatic rings. The first-order chi connectivity index (χ1) is 16.7. The van der Waals surface area contributed by atoms with Crippen molar-refractivity contribution in [2.45, 2.75) is 63.3 Å². The molecule has 0 bridgehead atoms. The fourth-order valence-corrected chi connectivity index (χ4v) is 7.86. The molecule has 0 spiro atoms. The number of hydrogen-bond acceptors (Lipinski definition) is 5. The molecule has 1 aromatic carbocycles. The molecule has 0 amide bonds. The molecule has 1 N–H and O–H groups in total. The van der Waals surface area contributed by atoms with E-state index in [-0.39, 0.29) is 29.1 Å². The predicted octanol–water partition coefficient (Wildman–Crippen LogP) is 5.22. The van der Waals surface area contributed by atoms with Crippen LogP contribution in [0.1, 0.15) is 63.4 Å². The van der Waals surface area contributed by atoms with E-state index in [1.807, 2.05) is 20.2 Å². The summed E-state index contributed by atoms with van der Waals surface area (Å²) in [6.07, 6.45) is 10.4. The third-order valence-electron chi connectivity index (χ3n) is 9.63. The number of carbonyl (C=O) groups excluding carboxylic acids is 1. The van der Waals surface area contributed by atoms with Crippen LogP contribution in [0.5, 0.6) is 0 Å². The third kappa shape index (κ3) is 3.60. The normalized spacial score (nSPS) is 34.3. The SMILES string of the molecule is CN(C)c1ccc([C@@H]2CC(=O)C=C3CC[C@@H]4C(=C32)CC[C@@]2(C)[C@H]4CC[C@]2(/C=C/CO)[N+](=O)[O-])cc1. The van der Waals surface area contributed by atoms with Gasteiger partial charge >= 0.3 is 0 Å². The Hall–Kier alpha value is -2.73. The van der Waals surface area contributed by atoms with Crippen molar-refractivity contribution in [2.24, 2.45) is 17.3 Å². The molecular weight excluding hydrogens is 440 g/mol. The quantitative estimate of drug-likeness (QED) is 0.358. The maximum Gasteiger partial charge on any atom is 0.245 e. The van der Waals surface area contributed by atoms with Crippen LogP contribution in [0.15, 0.2) is 59.2 Å². The fourth-order valence-electron chi connectivity index (χ4n) is 7.86. The van der Waals surface area contributed by atoms with Gasteiger partial charge in [-0.2, -0.15) is 0 Å². The summed E-state index contributed by atoms with van der Waals surface area (Å²) in [5.74, 6) is 0.828. The molecule has 0 saturated heterocycles. The van der Waals surface area contributed by atoms with Gasteiger partial charge in [0.1, 0.15) is 0 Å². The number of allylic oxidation sites excluding steroid dienone is 4. The number of rotatable bonds is 5. The molecular formula is C29H36N2O4. The van der Waals surface area contributed by atoms with E-state index in [9.17, 15) is 20.0 Å². The molecule has 0 radical (unpaired) electrons. The Bertz CT molecular complexity index is 1130. The Kier molecular flexibility index (Phi) is 5.99. The lowest BCUT2D eigenvalue weighted by Crippen LogP contribution is -2.53. The zero-order valence-electron chi connectivity index (χ0n) is 21.0. The van der Waals surface area contributed by atoms with Crippen LogP contribution >= 0.6 is 0 Å². The topological polar surface area (TPSA) is 83.7 Å². The van der Waals surface area contributed by atoms with Crippen LogP contribution in [0.3, 0.4) is 0 Å². The zero-order valence-corrected chi connectivity index (χ0v) is 21.0. The van der Waals surface area contributed by atoms with Crippen LogP contribution in [0, 0.1) is 27.4 Å². The number of nitro groups is 1. The van der Waals surface area contributed by atoms with Crippen LogP contribution in [-0.2, 0) is 4.79 Å². The van der Waals surface area contributed by atoms with Gasteiger partial charge in [0, 0.05) is 48.9 Å². The van der Waals surface area contributed by atoms with Gasteiger partial charge in [-0.25, -0.2) is 0 Å². The van der Waals surface area contributed by atoms with Crippen molar-refractivity contribution >= 4 is 11.5 Å². The summed E-state index contributed by atoms with van der Waals surface area (Å²) < 4.78 is 0. The highest BCUT2D eigenvalue weighted by molar-refractivity contribution is 5.94. The molecule has 6 heteroatoms. The van der Waals surface area contributed by atoms with Gasteiger partial charge in [0.2, 0.25) is 5.54 Å². The standard InChI is InChI=1S/C29H36N2O4/c1-28-14-11-24-23(26(28)12-15-29(28,31(34)35)13-4-16-32)10-7-20-17-22(33)18-25(27(20)24)19-5-8-21(9-6-19)30(2)3/h4-6,8-9,13,17,23,25-26,32H,7,10-12,14-16,18H2,1-3H3/b13-4+/t23-,25+,26+,28+,29+/m1/s1. The average molecular weight is 477 g/mol. The van der Waals surface area contributed by atoms with Gasteiger partial charge in [0.25, 0.3) is 0 Å². The van der Waals surface area contributed by atoms with Crippen LogP contribution in [0.25, 0.3) is 0 Å². The summed E-state index contributed by atoms with van der Waals surface area (Å²) in [6, 6.07) is 8.56. The highest BCUT2D eigenvalue weighted by Crippen LogP contribution is 2.65. The predicted molar refractivity (Wildman–Crippen MR) is 137 cm³/mol. The fraction of sp³-hybridized carbons (Fsp3) is 0.552. The highest BCUT2D eigenvalue weighted by Gasteiger charge is 2.67. The second-order valence-electron chi connectivity index (χ2n) is 11.3. The summed E-state index contributed by atoms with van der Waals surface area (Å²) in [7, 11) is 4.05. The molecule has 6 nitrogen and oxygen atoms in total. The molecule has 2 saturated carbocycles. The number of anilines is 1. The minimum absolute atomic E-state index is 0.0665. The van der Waals surface area contributed by atoms with Crippen LogP contribution in [-0.4, -0.2) is 42.1 Å². The Morgan fingerprint density at radius 1 is 1.17 bits per heavy atom. The van der Waals surface area contributed by atoms with Crippen molar-refractivity contribution in [2.75, 3.05) is 25.6 Å². The second kappa shape index (κ2) is 8.74. The highest BCUT2D eigenvalue weighted by atomic mass is 16.6. The Morgan fingerprint density at radius 2 is 1.91 bits per heavy atom. The molecule has 35 heavy (non-hydrogen) atoms. The first-order valence-corrected chi connectivity index (χ1v) is 12.9. The van der Waals surface area contributed by atoms with Gasteiger partial charge < -0.3 is 10.0 Å². The van der Waals surface area contributed by atoms with Crippen LogP contribution < -0.4 is 4.90 Å². The van der Waals surface area contributed by atoms with Crippen LogP contribution in [0.2, 0.25) is 0 Å². The van der Waals surface area contributed by atoms with Gasteiger partial charge in [0.15, 0.2) is 5.78 Å². The number of benzene rings is 1. The van der Waals surface area contributed by atoms with E-state index in [1.165, 1.54) is 22.3 Å². The molecule has 5 rings (SSSR count). The summed E-state index contributed by atoms with van der Waals surface area (Å²) >= 11 is 0. The smallest absolute Gasteiger partial charge is 0.245 e. The van der Waals surface area contributed by atoms with Gasteiger partial charge in [-0.05, 0) is 84.9 Å². The van der Waals surface area contributed by atoms with E-state index in [1.54, 1.807) is 12.2 Å². The molecule has 0 aliphatic heterocycles. The van der Waals surface area contributed by atoms with Gasteiger partial charge in [-0.1, -0.05) is 30.7 Å². The number of aliphatic hydroxyl groups excluding tert-OH is 1. The molecule has 186 valence electrons. The largest absolute Gasteiger partial charge is 0.392 e. The molecule has 5 atom stereocenters. The summed E-state index contributed by atoms with van der Waals surface area (Å²) in [4.78, 5) is 27.2. The minimum atomic E-state index is -1.11. The lowest BCUT2D eigenvalue weighted by molar-refractivity contribution is -0.574. The monoisotopic (exact) mass is 476 g/mol. The minimum Gasteiger partial charge on any atom is -0.392 e. The number of carbonyl (C=O) groups is 1. The van der Waals surface area contributed by atoms with Gasteiger partial charge in [-0.3, -0.25) is 14.9 Å². The zero-order chi connectivity index (χ0) is 25.0. The van der Waals surface area contributed by atoms with Gasteiger partial charge in [-0.15, -0.1) is 0 Å². The lowest BCUT2D eigenvalue weighted by Gasteiger charge is -2.50. The first kappa shape index (κ1) is 24.0. The summed E-state index contributed by atoms with van der Waals surface area (Å²) in [5.41, 5.74) is 4.76. The maximum atomic E-state index is 12.7. The number of hydrogen-bond donors (Lipinski definition) is 1. The van der Waals surface area contributed by atoms with Crippen molar-refractivity contribution < 1.29 is 14.8 Å². The van der Waals surface area contributed by atoms with E-state index in [0.717, 1.165) is 37.8 Å². The molecule has 4 aliphatic carbocycles. The van der Waals surface area contributed by atoms with E-state index in [2.05, 4.69) is 36.1 Å². The molecule has 0 heterocycles. The number of ketones is 1. The maximum absolute atomic E-state index is 12.7. The second-order valence-corrected chi connectivity index (χ2v) is 11.3.